The van der Waals surface area contributed by atoms with Gasteiger partial charge in [-0.05, 0) is 36.8 Å². The van der Waals surface area contributed by atoms with Crippen molar-refractivity contribution in [2.75, 3.05) is 0 Å². The van der Waals surface area contributed by atoms with Crippen LogP contribution in [0.25, 0.3) is 5.65 Å². The Balaban J connectivity index is 1.75. The van der Waals surface area contributed by atoms with E-state index in [0.29, 0.717) is 16.6 Å². The van der Waals surface area contributed by atoms with Crippen LogP contribution in [-0.4, -0.2) is 14.6 Å². The van der Waals surface area contributed by atoms with Gasteiger partial charge in [0.1, 0.15) is 0 Å². The van der Waals surface area contributed by atoms with Gasteiger partial charge in [-0.3, -0.25) is 4.40 Å². The number of halogens is 2. The van der Waals surface area contributed by atoms with Gasteiger partial charge in [-0.1, -0.05) is 35.3 Å². The van der Waals surface area contributed by atoms with Gasteiger partial charge in [0.2, 0.25) is 0 Å². The second kappa shape index (κ2) is 6.02. The molecule has 0 radical (unpaired) electrons. The molecule has 0 fully saturated rings. The van der Waals surface area contributed by atoms with E-state index in [1.54, 1.807) is 6.07 Å². The first-order valence-electron chi connectivity index (χ1n) is 6.62. The third-order valence-electron chi connectivity index (χ3n) is 3.38. The van der Waals surface area contributed by atoms with Gasteiger partial charge >= 0.3 is 0 Å². The van der Waals surface area contributed by atoms with E-state index >= 15 is 0 Å². The molecule has 0 aliphatic carbocycles. The van der Waals surface area contributed by atoms with E-state index in [-0.39, 0.29) is 6.04 Å². The van der Waals surface area contributed by atoms with Crippen LogP contribution in [0.5, 0.6) is 0 Å². The first kappa shape index (κ1) is 14.3. The molecule has 0 bridgehead atoms. The van der Waals surface area contributed by atoms with Crippen molar-refractivity contribution in [3.05, 3.63) is 64.0 Å². The zero-order chi connectivity index (χ0) is 14.8. The minimum absolute atomic E-state index is 0.0887. The van der Waals surface area contributed by atoms with Gasteiger partial charge in [0.25, 0.3) is 0 Å². The molecule has 0 amide bonds. The third kappa shape index (κ3) is 3.02. The summed E-state index contributed by atoms with van der Waals surface area (Å²) in [4.78, 5) is 0. The predicted octanol–water partition coefficient (Wildman–Crippen LogP) is 3.89. The quantitative estimate of drug-likeness (QED) is 0.793. The summed E-state index contributed by atoms with van der Waals surface area (Å²) in [5.41, 5.74) is 1.85. The highest BCUT2D eigenvalue weighted by Gasteiger charge is 2.11. The molecule has 1 unspecified atom stereocenters. The van der Waals surface area contributed by atoms with Crippen molar-refractivity contribution in [1.29, 1.82) is 0 Å². The molecular formula is C15H14Cl2N4. The zero-order valence-corrected chi connectivity index (χ0v) is 12.9. The topological polar surface area (TPSA) is 42.2 Å². The maximum Gasteiger partial charge on any atom is 0.160 e. The molecule has 2 heterocycles. The second-order valence-electron chi connectivity index (χ2n) is 4.81. The number of rotatable bonds is 4. The highest BCUT2D eigenvalue weighted by molar-refractivity contribution is 6.35. The maximum absolute atomic E-state index is 6.22. The van der Waals surface area contributed by atoms with E-state index in [4.69, 9.17) is 23.2 Å². The molecule has 4 nitrogen and oxygen atoms in total. The number of hydrogen-bond donors (Lipinski definition) is 1. The van der Waals surface area contributed by atoms with Crippen molar-refractivity contribution < 1.29 is 0 Å². The molecule has 1 N–H and O–H groups in total. The molecule has 0 spiro atoms. The Hall–Kier alpha value is -1.62. The Morgan fingerprint density at radius 1 is 1.19 bits per heavy atom. The largest absolute Gasteiger partial charge is 0.303 e. The van der Waals surface area contributed by atoms with Crippen molar-refractivity contribution in [3.63, 3.8) is 0 Å². The molecular weight excluding hydrogens is 307 g/mol. The van der Waals surface area contributed by atoms with Crippen LogP contribution in [0.1, 0.15) is 24.4 Å². The highest BCUT2D eigenvalue weighted by Crippen LogP contribution is 2.26. The van der Waals surface area contributed by atoms with Crippen LogP contribution in [0.4, 0.5) is 0 Å². The monoisotopic (exact) mass is 320 g/mol. The summed E-state index contributed by atoms with van der Waals surface area (Å²) in [6.07, 6.45) is 1.95. The number of nitrogens with one attached hydrogen (secondary N) is 1. The maximum atomic E-state index is 6.22. The van der Waals surface area contributed by atoms with Gasteiger partial charge in [0.05, 0.1) is 6.54 Å². The second-order valence-corrected chi connectivity index (χ2v) is 5.66. The van der Waals surface area contributed by atoms with Crippen LogP contribution < -0.4 is 5.32 Å². The smallest absolute Gasteiger partial charge is 0.160 e. The first-order chi connectivity index (χ1) is 10.1. The Bertz CT molecular complexity index is 769. The Morgan fingerprint density at radius 2 is 2.05 bits per heavy atom. The minimum atomic E-state index is 0.0887. The third-order valence-corrected chi connectivity index (χ3v) is 3.94. The van der Waals surface area contributed by atoms with E-state index in [0.717, 1.165) is 17.0 Å². The fourth-order valence-corrected chi connectivity index (χ4v) is 2.79. The van der Waals surface area contributed by atoms with E-state index in [1.165, 1.54) is 0 Å². The molecule has 0 saturated heterocycles. The lowest BCUT2D eigenvalue weighted by atomic mass is 10.1. The SMILES string of the molecule is CC(NCc1nnc2ccccn12)c1ccc(Cl)cc1Cl. The lowest BCUT2D eigenvalue weighted by Gasteiger charge is -2.15. The fraction of sp³-hybridized carbons (Fsp3) is 0.200. The Morgan fingerprint density at radius 3 is 2.86 bits per heavy atom. The molecule has 0 aliphatic heterocycles. The Kier molecular flexibility index (Phi) is 4.10. The van der Waals surface area contributed by atoms with Gasteiger partial charge in [0.15, 0.2) is 11.5 Å². The number of nitrogens with zero attached hydrogens (tertiary/aromatic N) is 3. The standard InChI is InChI=1S/C15H14Cl2N4/c1-10(12-6-5-11(16)8-13(12)17)18-9-15-20-19-14-4-2-3-7-21(14)15/h2-8,10,18H,9H2,1H3. The van der Waals surface area contributed by atoms with Crippen molar-refractivity contribution in [3.8, 4) is 0 Å². The van der Waals surface area contributed by atoms with E-state index in [2.05, 4.69) is 22.4 Å². The predicted molar refractivity (Wildman–Crippen MR) is 84.7 cm³/mol. The molecule has 21 heavy (non-hydrogen) atoms. The van der Waals surface area contributed by atoms with Crippen LogP contribution in [-0.2, 0) is 6.54 Å². The number of benzene rings is 1. The van der Waals surface area contributed by atoms with Crippen LogP contribution in [0, 0.1) is 0 Å². The van der Waals surface area contributed by atoms with Crippen molar-refractivity contribution in [2.24, 2.45) is 0 Å². The summed E-state index contributed by atoms with van der Waals surface area (Å²) >= 11 is 12.1. The van der Waals surface area contributed by atoms with Gasteiger partial charge in [0, 0.05) is 22.3 Å². The normalized spacial score (nSPS) is 12.7. The average molecular weight is 321 g/mol. The Labute approximate surface area is 132 Å². The van der Waals surface area contributed by atoms with Crippen molar-refractivity contribution >= 4 is 28.8 Å². The van der Waals surface area contributed by atoms with Gasteiger partial charge in [-0.15, -0.1) is 10.2 Å². The molecule has 108 valence electrons. The summed E-state index contributed by atoms with van der Waals surface area (Å²) in [7, 11) is 0. The van der Waals surface area contributed by atoms with Gasteiger partial charge in [-0.2, -0.15) is 0 Å². The molecule has 0 aliphatic rings. The van der Waals surface area contributed by atoms with Crippen LogP contribution >= 0.6 is 23.2 Å². The number of hydrogen-bond acceptors (Lipinski definition) is 3. The number of fused-ring (bicyclic) bond motifs is 1. The fourth-order valence-electron chi connectivity index (χ4n) is 2.22. The average Bonchev–Trinajstić information content (AvgIpc) is 2.88. The summed E-state index contributed by atoms with van der Waals surface area (Å²) in [5.74, 6) is 0.863. The summed E-state index contributed by atoms with van der Waals surface area (Å²) < 4.78 is 1.96. The number of pyridine rings is 1. The minimum Gasteiger partial charge on any atom is -0.303 e. The lowest BCUT2D eigenvalue weighted by Crippen LogP contribution is -2.20. The molecule has 0 saturated carbocycles. The van der Waals surface area contributed by atoms with Gasteiger partial charge < -0.3 is 5.32 Å². The summed E-state index contributed by atoms with van der Waals surface area (Å²) in [6.45, 7) is 2.66. The van der Waals surface area contributed by atoms with Crippen LogP contribution in [0.2, 0.25) is 10.0 Å². The molecule has 2 aromatic heterocycles. The molecule has 3 rings (SSSR count). The van der Waals surface area contributed by atoms with E-state index < -0.39 is 0 Å². The molecule has 1 aromatic carbocycles. The van der Waals surface area contributed by atoms with Crippen molar-refractivity contribution in [1.82, 2.24) is 19.9 Å². The van der Waals surface area contributed by atoms with Crippen molar-refractivity contribution in [2.45, 2.75) is 19.5 Å². The first-order valence-corrected chi connectivity index (χ1v) is 7.38. The molecule has 3 aromatic rings. The summed E-state index contributed by atoms with van der Waals surface area (Å²) in [5, 5.41) is 13.0. The molecule has 6 heteroatoms. The van der Waals surface area contributed by atoms with Crippen LogP contribution in [0.3, 0.4) is 0 Å². The summed E-state index contributed by atoms with van der Waals surface area (Å²) in [6, 6.07) is 11.4. The van der Waals surface area contributed by atoms with E-state index in [9.17, 15) is 0 Å². The lowest BCUT2D eigenvalue weighted by molar-refractivity contribution is 0.556. The number of aromatic nitrogens is 3. The van der Waals surface area contributed by atoms with Crippen LogP contribution in [0.15, 0.2) is 42.6 Å². The van der Waals surface area contributed by atoms with E-state index in [1.807, 2.05) is 40.9 Å². The zero-order valence-electron chi connectivity index (χ0n) is 11.4. The highest BCUT2D eigenvalue weighted by atomic mass is 35.5. The van der Waals surface area contributed by atoms with Gasteiger partial charge in [-0.25, -0.2) is 0 Å². The molecule has 1 atom stereocenters.